The lowest BCUT2D eigenvalue weighted by Crippen LogP contribution is -2.27. The molecule has 0 atom stereocenters. The van der Waals surface area contributed by atoms with Crippen LogP contribution in [0, 0.1) is 0 Å². The normalized spacial score (nSPS) is 16.8. The van der Waals surface area contributed by atoms with E-state index in [9.17, 15) is 4.79 Å². The molecule has 82 valence electrons. The molecule has 1 saturated heterocycles. The average molecular weight is 210 g/mol. The lowest BCUT2D eigenvalue weighted by molar-refractivity contribution is -0.0455. The summed E-state index contributed by atoms with van der Waals surface area (Å²) in [6, 6.07) is 3.52. The summed E-state index contributed by atoms with van der Waals surface area (Å²) in [5.41, 5.74) is 0.572. The van der Waals surface area contributed by atoms with Gasteiger partial charge < -0.3 is 19.8 Å². The van der Waals surface area contributed by atoms with Crippen molar-refractivity contribution in [2.24, 2.45) is 0 Å². The lowest BCUT2D eigenvalue weighted by Gasteiger charge is -2.08. The minimum atomic E-state index is -0.158. The van der Waals surface area contributed by atoms with Crippen LogP contribution in [0.3, 0.4) is 0 Å². The Morgan fingerprint density at radius 3 is 3.00 bits per heavy atom. The van der Waals surface area contributed by atoms with Crippen LogP contribution in [0.5, 0.6) is 0 Å². The maximum absolute atomic E-state index is 11.5. The number of carbonyl (C=O) groups is 1. The number of ether oxygens (including phenoxy) is 2. The molecule has 1 aromatic heterocycles. The minimum Gasteiger partial charge on any atom is -0.357 e. The fourth-order valence-electron chi connectivity index (χ4n) is 1.44. The first-order chi connectivity index (χ1) is 7.36. The minimum absolute atomic E-state index is 0.0991. The molecule has 0 aliphatic carbocycles. The number of aromatic nitrogens is 1. The third kappa shape index (κ3) is 2.81. The Morgan fingerprint density at radius 1 is 1.53 bits per heavy atom. The van der Waals surface area contributed by atoms with Gasteiger partial charge in [0.2, 0.25) is 0 Å². The first-order valence-corrected chi connectivity index (χ1v) is 5.01. The lowest BCUT2D eigenvalue weighted by atomic mass is 10.3. The Kier molecular flexibility index (Phi) is 3.37. The number of hydrogen-bond acceptors (Lipinski definition) is 3. The van der Waals surface area contributed by atoms with Gasteiger partial charge in [0, 0.05) is 19.2 Å². The Balaban J connectivity index is 1.67. The van der Waals surface area contributed by atoms with Gasteiger partial charge in [0.05, 0.1) is 13.2 Å². The number of nitrogens with one attached hydrogen (secondary N) is 2. The van der Waals surface area contributed by atoms with Crippen LogP contribution in [0.25, 0.3) is 0 Å². The van der Waals surface area contributed by atoms with E-state index in [0.29, 0.717) is 31.9 Å². The third-order valence-corrected chi connectivity index (χ3v) is 2.20. The van der Waals surface area contributed by atoms with Gasteiger partial charge in [-0.25, -0.2) is 0 Å². The molecule has 1 fully saturated rings. The van der Waals surface area contributed by atoms with E-state index in [2.05, 4.69) is 10.3 Å². The quantitative estimate of drug-likeness (QED) is 0.761. The van der Waals surface area contributed by atoms with Crippen molar-refractivity contribution in [1.82, 2.24) is 10.3 Å². The van der Waals surface area contributed by atoms with E-state index in [4.69, 9.17) is 9.47 Å². The van der Waals surface area contributed by atoms with E-state index in [1.807, 2.05) is 0 Å². The van der Waals surface area contributed by atoms with Crippen LogP contribution in [-0.4, -0.2) is 36.9 Å². The van der Waals surface area contributed by atoms with E-state index in [-0.39, 0.29) is 12.2 Å². The van der Waals surface area contributed by atoms with Gasteiger partial charge in [-0.3, -0.25) is 4.79 Å². The second kappa shape index (κ2) is 4.95. The Morgan fingerprint density at radius 2 is 2.33 bits per heavy atom. The zero-order valence-electron chi connectivity index (χ0n) is 8.36. The van der Waals surface area contributed by atoms with E-state index in [1.165, 1.54) is 0 Å². The van der Waals surface area contributed by atoms with Gasteiger partial charge in [0.1, 0.15) is 5.69 Å². The molecule has 15 heavy (non-hydrogen) atoms. The zero-order chi connectivity index (χ0) is 10.5. The molecule has 0 bridgehead atoms. The smallest absolute Gasteiger partial charge is 0.267 e. The van der Waals surface area contributed by atoms with Gasteiger partial charge in [-0.1, -0.05) is 0 Å². The monoisotopic (exact) mass is 210 g/mol. The van der Waals surface area contributed by atoms with Gasteiger partial charge in [0.15, 0.2) is 6.29 Å². The molecule has 1 aliphatic rings. The number of aromatic amines is 1. The van der Waals surface area contributed by atoms with Crippen molar-refractivity contribution in [3.05, 3.63) is 24.0 Å². The zero-order valence-corrected chi connectivity index (χ0v) is 8.36. The van der Waals surface area contributed by atoms with Gasteiger partial charge in [0.25, 0.3) is 5.91 Å². The number of H-pyrrole nitrogens is 1. The second-order valence-electron chi connectivity index (χ2n) is 3.30. The highest BCUT2D eigenvalue weighted by molar-refractivity contribution is 5.92. The SMILES string of the molecule is O=C(NCCC1OCCO1)c1ccc[nH]1. The summed E-state index contributed by atoms with van der Waals surface area (Å²) < 4.78 is 10.5. The van der Waals surface area contributed by atoms with E-state index in [0.717, 1.165) is 0 Å². The van der Waals surface area contributed by atoms with Crippen molar-refractivity contribution in [3.8, 4) is 0 Å². The maximum Gasteiger partial charge on any atom is 0.267 e. The second-order valence-corrected chi connectivity index (χ2v) is 3.30. The Labute approximate surface area is 87.8 Å². The van der Waals surface area contributed by atoms with Crippen molar-refractivity contribution in [1.29, 1.82) is 0 Å². The molecule has 5 heteroatoms. The Hall–Kier alpha value is -1.33. The van der Waals surface area contributed by atoms with Crippen LogP contribution in [0.1, 0.15) is 16.9 Å². The van der Waals surface area contributed by atoms with Crippen LogP contribution < -0.4 is 5.32 Å². The van der Waals surface area contributed by atoms with Crippen molar-refractivity contribution < 1.29 is 14.3 Å². The molecule has 1 aromatic rings. The fourth-order valence-corrected chi connectivity index (χ4v) is 1.44. The molecule has 0 aromatic carbocycles. The molecule has 1 aliphatic heterocycles. The number of amides is 1. The third-order valence-electron chi connectivity index (χ3n) is 2.20. The van der Waals surface area contributed by atoms with Crippen molar-refractivity contribution >= 4 is 5.91 Å². The summed E-state index contributed by atoms with van der Waals surface area (Å²) in [6.07, 6.45) is 2.25. The topological polar surface area (TPSA) is 63.4 Å². The van der Waals surface area contributed by atoms with Crippen LogP contribution in [0.4, 0.5) is 0 Å². The number of carbonyl (C=O) groups excluding carboxylic acids is 1. The highest BCUT2D eigenvalue weighted by Gasteiger charge is 2.15. The maximum atomic E-state index is 11.5. The fraction of sp³-hybridized carbons (Fsp3) is 0.500. The molecule has 0 radical (unpaired) electrons. The molecular formula is C10H14N2O3. The summed E-state index contributed by atoms with van der Waals surface area (Å²) in [7, 11) is 0. The first kappa shape index (κ1) is 10.2. The molecule has 2 N–H and O–H groups in total. The van der Waals surface area contributed by atoms with Crippen molar-refractivity contribution in [2.45, 2.75) is 12.7 Å². The van der Waals surface area contributed by atoms with Gasteiger partial charge >= 0.3 is 0 Å². The molecule has 2 rings (SSSR count). The summed E-state index contributed by atoms with van der Waals surface area (Å²) in [4.78, 5) is 14.3. The average Bonchev–Trinajstić information content (AvgIpc) is 2.90. The standard InChI is InChI=1S/C10H14N2O3/c13-10(8-2-1-4-11-8)12-5-3-9-14-6-7-15-9/h1-2,4,9,11H,3,5-7H2,(H,12,13). The van der Waals surface area contributed by atoms with Crippen molar-refractivity contribution in [3.63, 3.8) is 0 Å². The van der Waals surface area contributed by atoms with Crippen LogP contribution in [0.15, 0.2) is 18.3 Å². The van der Waals surface area contributed by atoms with Gasteiger partial charge in [-0.15, -0.1) is 0 Å². The molecule has 5 nitrogen and oxygen atoms in total. The number of rotatable bonds is 4. The van der Waals surface area contributed by atoms with Gasteiger partial charge in [-0.2, -0.15) is 0 Å². The largest absolute Gasteiger partial charge is 0.357 e. The molecule has 1 amide bonds. The molecular weight excluding hydrogens is 196 g/mol. The van der Waals surface area contributed by atoms with Crippen LogP contribution >= 0.6 is 0 Å². The molecule has 0 saturated carbocycles. The van der Waals surface area contributed by atoms with Crippen LogP contribution in [0.2, 0.25) is 0 Å². The van der Waals surface area contributed by atoms with E-state index >= 15 is 0 Å². The molecule has 0 unspecified atom stereocenters. The predicted molar refractivity (Wildman–Crippen MR) is 53.4 cm³/mol. The van der Waals surface area contributed by atoms with E-state index in [1.54, 1.807) is 18.3 Å². The molecule has 0 spiro atoms. The van der Waals surface area contributed by atoms with Crippen LogP contribution in [-0.2, 0) is 9.47 Å². The summed E-state index contributed by atoms with van der Waals surface area (Å²) in [6.45, 7) is 1.85. The Bertz CT molecular complexity index is 304. The summed E-state index contributed by atoms with van der Waals surface area (Å²) >= 11 is 0. The van der Waals surface area contributed by atoms with E-state index < -0.39 is 0 Å². The number of hydrogen-bond donors (Lipinski definition) is 2. The van der Waals surface area contributed by atoms with Gasteiger partial charge in [-0.05, 0) is 12.1 Å². The summed E-state index contributed by atoms with van der Waals surface area (Å²) in [5.74, 6) is -0.0991. The summed E-state index contributed by atoms with van der Waals surface area (Å²) in [5, 5.41) is 2.78. The predicted octanol–water partition coefficient (Wildman–Crippen LogP) is 0.507. The highest BCUT2D eigenvalue weighted by atomic mass is 16.7. The highest BCUT2D eigenvalue weighted by Crippen LogP contribution is 2.06. The first-order valence-electron chi connectivity index (χ1n) is 5.01. The molecule has 2 heterocycles. The van der Waals surface area contributed by atoms with Crippen molar-refractivity contribution in [2.75, 3.05) is 19.8 Å².